The summed E-state index contributed by atoms with van der Waals surface area (Å²) in [6.45, 7) is 2.78. The number of hydrogen-bond donors (Lipinski definition) is 2. The normalized spacial score (nSPS) is 11.2. The van der Waals surface area contributed by atoms with Gasteiger partial charge in [0.05, 0.1) is 4.90 Å². The van der Waals surface area contributed by atoms with Crippen molar-refractivity contribution in [1.82, 2.24) is 10.2 Å². The van der Waals surface area contributed by atoms with Crippen LogP contribution in [0.3, 0.4) is 0 Å². The molecule has 0 saturated carbocycles. The fourth-order valence-corrected chi connectivity index (χ4v) is 3.68. The van der Waals surface area contributed by atoms with Crippen LogP contribution in [0.2, 0.25) is 0 Å². The van der Waals surface area contributed by atoms with E-state index in [-0.39, 0.29) is 22.1 Å². The average molecular weight is 379 g/mol. The van der Waals surface area contributed by atoms with Crippen molar-refractivity contribution >= 4 is 21.6 Å². The van der Waals surface area contributed by atoms with E-state index in [0.717, 1.165) is 0 Å². The number of anilines is 1. The molecule has 0 radical (unpaired) electrons. The molecule has 2 N–H and O–H groups in total. The van der Waals surface area contributed by atoms with Crippen molar-refractivity contribution in [3.8, 4) is 0 Å². The Bertz CT molecular complexity index is 883. The number of aryl methyl sites for hydroxylation is 1. The number of amides is 1. The Hall–Kier alpha value is -2.45. The number of sulfonamides is 1. The van der Waals surface area contributed by atoms with E-state index in [1.165, 1.54) is 35.2 Å². The number of rotatable bonds is 7. The van der Waals surface area contributed by atoms with Gasteiger partial charge in [-0.15, -0.1) is 0 Å². The summed E-state index contributed by atoms with van der Waals surface area (Å²) in [6, 6.07) is 9.57. The van der Waals surface area contributed by atoms with Gasteiger partial charge in [0.15, 0.2) is 0 Å². The monoisotopic (exact) mass is 379 g/mol. The highest BCUT2D eigenvalue weighted by Gasteiger charge is 2.20. The number of carbonyl (C=O) groups is 1. The molecule has 2 aromatic rings. The molecule has 8 heteroatoms. The van der Waals surface area contributed by atoms with Crippen molar-refractivity contribution in [1.29, 1.82) is 0 Å². The number of halogens is 1. The van der Waals surface area contributed by atoms with E-state index >= 15 is 0 Å². The summed E-state index contributed by atoms with van der Waals surface area (Å²) in [6.07, 6.45) is 0. The lowest BCUT2D eigenvalue weighted by atomic mass is 10.1. The summed E-state index contributed by atoms with van der Waals surface area (Å²) in [4.78, 5) is 14.0. The second-order valence-corrected chi connectivity index (χ2v) is 7.57. The minimum Gasteiger partial charge on any atom is -0.340 e. The van der Waals surface area contributed by atoms with Crippen LogP contribution >= 0.6 is 0 Å². The first-order chi connectivity index (χ1) is 12.2. The number of benzene rings is 2. The second kappa shape index (κ2) is 8.29. The molecular formula is C18H22FN3O3S. The Morgan fingerprint density at radius 3 is 2.42 bits per heavy atom. The molecule has 0 unspecified atom stereocenters. The lowest BCUT2D eigenvalue weighted by Crippen LogP contribution is -2.33. The Morgan fingerprint density at radius 2 is 1.81 bits per heavy atom. The van der Waals surface area contributed by atoms with Gasteiger partial charge in [0, 0.05) is 31.4 Å². The third kappa shape index (κ3) is 4.80. The lowest BCUT2D eigenvalue weighted by molar-refractivity contribution is 0.0796. The fraction of sp³-hybridized carbons (Fsp3) is 0.278. The van der Waals surface area contributed by atoms with Gasteiger partial charge in [0.1, 0.15) is 5.82 Å². The molecule has 2 rings (SSSR count). The van der Waals surface area contributed by atoms with Gasteiger partial charge >= 0.3 is 0 Å². The molecule has 0 aromatic heterocycles. The van der Waals surface area contributed by atoms with E-state index in [1.807, 2.05) is 0 Å². The summed E-state index contributed by atoms with van der Waals surface area (Å²) in [5.74, 6) is -0.722. The maximum atomic E-state index is 13.0. The number of nitrogens with zero attached hydrogens (tertiary/aromatic N) is 1. The van der Waals surface area contributed by atoms with Crippen LogP contribution in [0.5, 0.6) is 0 Å². The Kier molecular flexibility index (Phi) is 6.33. The van der Waals surface area contributed by atoms with Gasteiger partial charge in [-0.1, -0.05) is 6.07 Å². The zero-order chi connectivity index (χ0) is 19.3. The average Bonchev–Trinajstić information content (AvgIpc) is 2.61. The van der Waals surface area contributed by atoms with Crippen molar-refractivity contribution in [2.45, 2.75) is 11.8 Å². The molecule has 6 nitrogen and oxygen atoms in total. The molecule has 0 heterocycles. The van der Waals surface area contributed by atoms with Crippen molar-refractivity contribution < 1.29 is 17.6 Å². The third-order valence-corrected chi connectivity index (χ3v) is 5.39. The van der Waals surface area contributed by atoms with Gasteiger partial charge in [0.25, 0.3) is 15.9 Å². The van der Waals surface area contributed by atoms with Crippen molar-refractivity contribution in [3.63, 3.8) is 0 Å². The zero-order valence-electron chi connectivity index (χ0n) is 14.9. The molecule has 2 aromatic carbocycles. The molecule has 0 aliphatic carbocycles. The van der Waals surface area contributed by atoms with E-state index in [4.69, 9.17) is 0 Å². The molecular weight excluding hydrogens is 357 g/mol. The van der Waals surface area contributed by atoms with Crippen LogP contribution in [0.15, 0.2) is 47.4 Å². The smallest absolute Gasteiger partial charge is 0.262 e. The first-order valence-electron chi connectivity index (χ1n) is 8.03. The summed E-state index contributed by atoms with van der Waals surface area (Å²) >= 11 is 0. The summed E-state index contributed by atoms with van der Waals surface area (Å²) in [5, 5.41) is 2.95. The Morgan fingerprint density at radius 1 is 1.15 bits per heavy atom. The van der Waals surface area contributed by atoms with E-state index in [1.54, 1.807) is 33.2 Å². The highest BCUT2D eigenvalue weighted by molar-refractivity contribution is 7.92. The van der Waals surface area contributed by atoms with Crippen LogP contribution < -0.4 is 10.0 Å². The Balaban J connectivity index is 2.30. The largest absolute Gasteiger partial charge is 0.340 e. The molecule has 0 aliphatic rings. The van der Waals surface area contributed by atoms with E-state index in [9.17, 15) is 17.6 Å². The zero-order valence-corrected chi connectivity index (χ0v) is 15.7. The minimum absolute atomic E-state index is 0.00897. The predicted molar refractivity (Wildman–Crippen MR) is 99.3 cm³/mol. The lowest BCUT2D eigenvalue weighted by Gasteiger charge is -2.18. The highest BCUT2D eigenvalue weighted by Crippen LogP contribution is 2.21. The minimum atomic E-state index is -3.91. The van der Waals surface area contributed by atoms with Gasteiger partial charge in [-0.05, 0) is 55.9 Å². The standard InChI is InChI=1S/C18H22FN3O3S/c1-13-4-5-14(18(23)22(3)11-10-20-2)12-17(13)26(24,25)21-16-8-6-15(19)7-9-16/h4-9,12,20-21H,10-11H2,1-3H3. The maximum Gasteiger partial charge on any atom is 0.262 e. The Labute approximate surface area is 153 Å². The first-order valence-corrected chi connectivity index (χ1v) is 9.52. The quantitative estimate of drug-likeness (QED) is 0.773. The van der Waals surface area contributed by atoms with Crippen LogP contribution in [-0.2, 0) is 10.0 Å². The van der Waals surface area contributed by atoms with Crippen LogP contribution in [0.1, 0.15) is 15.9 Å². The summed E-state index contributed by atoms with van der Waals surface area (Å²) in [5.41, 5.74) is 1.04. The van der Waals surface area contributed by atoms with Crippen LogP contribution in [0.25, 0.3) is 0 Å². The van der Waals surface area contributed by atoms with Crippen LogP contribution in [-0.4, -0.2) is 46.4 Å². The number of hydrogen-bond acceptors (Lipinski definition) is 4. The SMILES string of the molecule is CNCCN(C)C(=O)c1ccc(C)c(S(=O)(=O)Nc2ccc(F)cc2)c1. The first kappa shape index (κ1) is 19.9. The van der Waals surface area contributed by atoms with E-state index in [2.05, 4.69) is 10.0 Å². The summed E-state index contributed by atoms with van der Waals surface area (Å²) < 4.78 is 40.8. The van der Waals surface area contributed by atoms with Gasteiger partial charge in [-0.25, -0.2) is 12.8 Å². The molecule has 0 fully saturated rings. The van der Waals surface area contributed by atoms with Crippen molar-refractivity contribution in [3.05, 3.63) is 59.4 Å². The molecule has 0 bridgehead atoms. The molecule has 140 valence electrons. The van der Waals surface area contributed by atoms with Crippen LogP contribution in [0, 0.1) is 12.7 Å². The molecule has 1 amide bonds. The molecule has 26 heavy (non-hydrogen) atoms. The van der Waals surface area contributed by atoms with Crippen LogP contribution in [0.4, 0.5) is 10.1 Å². The number of nitrogens with one attached hydrogen (secondary N) is 2. The van der Waals surface area contributed by atoms with E-state index in [0.29, 0.717) is 18.7 Å². The number of likely N-dealkylation sites (N-methyl/N-ethyl adjacent to an activating group) is 2. The van der Waals surface area contributed by atoms with Crippen molar-refractivity contribution in [2.24, 2.45) is 0 Å². The summed E-state index contributed by atoms with van der Waals surface area (Å²) in [7, 11) is -0.466. The van der Waals surface area contributed by atoms with Gasteiger partial charge in [-0.2, -0.15) is 0 Å². The molecule has 0 atom stereocenters. The van der Waals surface area contributed by atoms with Gasteiger partial charge in [-0.3, -0.25) is 9.52 Å². The third-order valence-electron chi connectivity index (χ3n) is 3.86. The molecule has 0 spiro atoms. The van der Waals surface area contributed by atoms with Crippen molar-refractivity contribution in [2.75, 3.05) is 31.9 Å². The number of carbonyl (C=O) groups excluding carboxylic acids is 1. The fourth-order valence-electron chi connectivity index (χ4n) is 2.35. The molecule has 0 saturated heterocycles. The van der Waals surface area contributed by atoms with Gasteiger partial charge in [0.2, 0.25) is 0 Å². The second-order valence-electron chi connectivity index (χ2n) is 5.92. The molecule has 0 aliphatic heterocycles. The predicted octanol–water partition coefficient (Wildman–Crippen LogP) is 2.23. The highest BCUT2D eigenvalue weighted by atomic mass is 32.2. The van der Waals surface area contributed by atoms with E-state index < -0.39 is 15.8 Å². The van der Waals surface area contributed by atoms with Gasteiger partial charge < -0.3 is 10.2 Å². The maximum absolute atomic E-state index is 13.0. The topological polar surface area (TPSA) is 78.5 Å².